The van der Waals surface area contributed by atoms with Gasteiger partial charge in [-0.3, -0.25) is 0 Å². The number of hydrogen-bond acceptors (Lipinski definition) is 5. The van der Waals surface area contributed by atoms with Crippen LogP contribution in [0.2, 0.25) is 0 Å². The Hall–Kier alpha value is -3.81. The topological polar surface area (TPSA) is 111 Å². The maximum atomic E-state index is 12.6. The average Bonchev–Trinajstić information content (AvgIpc) is 3.02. The van der Waals surface area contributed by atoms with Crippen molar-refractivity contribution >= 4 is 23.5 Å². The van der Waals surface area contributed by atoms with Gasteiger partial charge in [0.1, 0.15) is 11.7 Å². The number of benzene rings is 2. The monoisotopic (exact) mass is 393 g/mol. The molecule has 3 aromatic rings. The lowest BCUT2D eigenvalue weighted by Gasteiger charge is -2.17. The number of anilines is 2. The number of para-hydroxylation sites is 1. The molecule has 2 aromatic carbocycles. The first-order valence-electron chi connectivity index (χ1n) is 9.09. The number of carbonyl (C=O) groups excluding carboxylic acids is 2. The molecule has 0 aliphatic carbocycles. The standard InChI is InChI=1S/C21H23N5O3/c1-14-18(19(22)26(25-14)16-11-7-4-8-12-16)24-21(28)23-17(20(27)29-2)13-15-9-5-3-6-10-15/h3-12,17H,13,22H2,1-2H3,(H2,23,24,28)/t17-/m1/s1. The number of rotatable bonds is 6. The van der Waals surface area contributed by atoms with Crippen LogP contribution < -0.4 is 16.4 Å². The van der Waals surface area contributed by atoms with Crippen LogP contribution in [0, 0.1) is 6.92 Å². The van der Waals surface area contributed by atoms with Crippen molar-refractivity contribution in [2.24, 2.45) is 0 Å². The van der Waals surface area contributed by atoms with Crippen LogP contribution in [0.1, 0.15) is 11.3 Å². The number of ether oxygens (including phenoxy) is 1. The van der Waals surface area contributed by atoms with Crippen LogP contribution in [0.5, 0.6) is 0 Å². The largest absolute Gasteiger partial charge is 0.467 e. The van der Waals surface area contributed by atoms with E-state index in [1.54, 1.807) is 11.6 Å². The van der Waals surface area contributed by atoms with Crippen LogP contribution >= 0.6 is 0 Å². The van der Waals surface area contributed by atoms with E-state index < -0.39 is 18.0 Å². The van der Waals surface area contributed by atoms with Crippen LogP contribution in [0.15, 0.2) is 60.7 Å². The van der Waals surface area contributed by atoms with Gasteiger partial charge in [-0.25, -0.2) is 14.3 Å². The van der Waals surface area contributed by atoms with Crippen LogP contribution in [0.4, 0.5) is 16.3 Å². The van der Waals surface area contributed by atoms with Crippen molar-refractivity contribution in [2.45, 2.75) is 19.4 Å². The second-order valence-electron chi connectivity index (χ2n) is 6.46. The van der Waals surface area contributed by atoms with Gasteiger partial charge in [-0.15, -0.1) is 0 Å². The summed E-state index contributed by atoms with van der Waals surface area (Å²) in [5.74, 6) is -0.241. The fraction of sp³-hybridized carbons (Fsp3) is 0.190. The predicted octanol–water partition coefficient (Wildman–Crippen LogP) is 2.67. The second-order valence-corrected chi connectivity index (χ2v) is 6.46. The lowest BCUT2D eigenvalue weighted by atomic mass is 10.1. The van der Waals surface area contributed by atoms with Gasteiger partial charge >= 0.3 is 12.0 Å². The SMILES string of the molecule is COC(=O)[C@@H](Cc1ccccc1)NC(=O)Nc1c(C)nn(-c2ccccc2)c1N. The second kappa shape index (κ2) is 8.92. The molecule has 0 saturated heterocycles. The van der Waals surface area contributed by atoms with Crippen molar-refractivity contribution in [3.05, 3.63) is 71.9 Å². The number of esters is 1. The van der Waals surface area contributed by atoms with Gasteiger partial charge in [-0.1, -0.05) is 48.5 Å². The molecular weight excluding hydrogens is 370 g/mol. The van der Waals surface area contributed by atoms with E-state index in [2.05, 4.69) is 15.7 Å². The number of nitrogens with zero attached hydrogens (tertiary/aromatic N) is 2. The third-order valence-electron chi connectivity index (χ3n) is 4.41. The van der Waals surface area contributed by atoms with Gasteiger partial charge in [-0.05, 0) is 24.6 Å². The van der Waals surface area contributed by atoms with Crippen LogP contribution in [0.25, 0.3) is 5.69 Å². The van der Waals surface area contributed by atoms with Gasteiger partial charge in [0.25, 0.3) is 0 Å². The summed E-state index contributed by atoms with van der Waals surface area (Å²) in [4.78, 5) is 24.7. The molecule has 0 fully saturated rings. The summed E-state index contributed by atoms with van der Waals surface area (Å²) in [5, 5.41) is 9.74. The van der Waals surface area contributed by atoms with Gasteiger partial charge < -0.3 is 21.1 Å². The summed E-state index contributed by atoms with van der Waals surface area (Å²) in [7, 11) is 1.28. The van der Waals surface area contributed by atoms with Gasteiger partial charge in [0.05, 0.1) is 18.5 Å². The summed E-state index contributed by atoms with van der Waals surface area (Å²) in [6, 6.07) is 17.3. The lowest BCUT2D eigenvalue weighted by molar-refractivity contribution is -0.142. The molecule has 150 valence electrons. The van der Waals surface area contributed by atoms with E-state index in [0.29, 0.717) is 23.6 Å². The van der Waals surface area contributed by atoms with Gasteiger partial charge in [0, 0.05) is 6.42 Å². The van der Waals surface area contributed by atoms with Crippen molar-refractivity contribution < 1.29 is 14.3 Å². The summed E-state index contributed by atoms with van der Waals surface area (Å²) in [6.45, 7) is 1.74. The Morgan fingerprint density at radius 2 is 1.72 bits per heavy atom. The van der Waals surface area contributed by atoms with Crippen molar-refractivity contribution in [1.82, 2.24) is 15.1 Å². The zero-order valence-corrected chi connectivity index (χ0v) is 16.3. The van der Waals surface area contributed by atoms with Crippen molar-refractivity contribution in [2.75, 3.05) is 18.2 Å². The minimum atomic E-state index is -0.840. The summed E-state index contributed by atoms with van der Waals surface area (Å²) in [5.41, 5.74) is 8.80. The Bertz CT molecular complexity index is 986. The first kappa shape index (κ1) is 19.9. The summed E-state index contributed by atoms with van der Waals surface area (Å²) >= 11 is 0. The molecule has 1 aromatic heterocycles. The molecule has 2 amide bonds. The molecule has 1 heterocycles. The Morgan fingerprint density at radius 1 is 1.10 bits per heavy atom. The van der Waals surface area contributed by atoms with E-state index in [4.69, 9.17) is 10.5 Å². The Kier molecular flexibility index (Phi) is 6.13. The number of urea groups is 1. The quantitative estimate of drug-likeness (QED) is 0.558. The molecular formula is C21H23N5O3. The normalized spacial score (nSPS) is 11.5. The van der Waals surface area contributed by atoms with Gasteiger partial charge in [-0.2, -0.15) is 5.10 Å². The zero-order valence-electron chi connectivity index (χ0n) is 16.3. The van der Waals surface area contributed by atoms with Crippen LogP contribution in [-0.4, -0.2) is 34.9 Å². The van der Waals surface area contributed by atoms with E-state index in [-0.39, 0.29) is 0 Å². The van der Waals surface area contributed by atoms with Crippen LogP contribution in [0.3, 0.4) is 0 Å². The molecule has 29 heavy (non-hydrogen) atoms. The molecule has 0 radical (unpaired) electrons. The third kappa shape index (κ3) is 4.73. The number of hydrogen-bond donors (Lipinski definition) is 3. The average molecular weight is 393 g/mol. The summed E-state index contributed by atoms with van der Waals surface area (Å²) in [6.07, 6.45) is 0.304. The molecule has 8 heteroatoms. The highest BCUT2D eigenvalue weighted by molar-refractivity contribution is 5.95. The van der Waals surface area contributed by atoms with Crippen molar-refractivity contribution in [3.63, 3.8) is 0 Å². The van der Waals surface area contributed by atoms with Crippen LogP contribution in [-0.2, 0) is 16.0 Å². The van der Waals surface area contributed by atoms with Gasteiger partial charge in [0.2, 0.25) is 0 Å². The molecule has 0 aliphatic rings. The lowest BCUT2D eigenvalue weighted by Crippen LogP contribution is -2.45. The Morgan fingerprint density at radius 3 is 2.34 bits per heavy atom. The molecule has 3 rings (SSSR count). The van der Waals surface area contributed by atoms with Crippen molar-refractivity contribution in [1.29, 1.82) is 0 Å². The number of carbonyl (C=O) groups is 2. The highest BCUT2D eigenvalue weighted by Gasteiger charge is 2.23. The van der Waals surface area contributed by atoms with E-state index in [9.17, 15) is 9.59 Å². The minimum Gasteiger partial charge on any atom is -0.467 e. The van der Waals surface area contributed by atoms with Crippen molar-refractivity contribution in [3.8, 4) is 5.69 Å². The highest BCUT2D eigenvalue weighted by atomic mass is 16.5. The number of amides is 2. The number of methoxy groups -OCH3 is 1. The smallest absolute Gasteiger partial charge is 0.328 e. The number of nitrogen functional groups attached to an aromatic ring is 1. The molecule has 8 nitrogen and oxygen atoms in total. The highest BCUT2D eigenvalue weighted by Crippen LogP contribution is 2.25. The molecule has 0 saturated carbocycles. The maximum Gasteiger partial charge on any atom is 0.328 e. The Balaban J connectivity index is 1.75. The zero-order chi connectivity index (χ0) is 20.8. The molecule has 0 aliphatic heterocycles. The molecule has 0 bridgehead atoms. The predicted molar refractivity (Wildman–Crippen MR) is 111 cm³/mol. The number of nitrogens with one attached hydrogen (secondary N) is 2. The number of aromatic nitrogens is 2. The van der Waals surface area contributed by atoms with E-state index in [1.807, 2.05) is 60.7 Å². The Labute approximate surface area is 168 Å². The summed E-state index contributed by atoms with van der Waals surface area (Å²) < 4.78 is 6.37. The molecule has 4 N–H and O–H groups in total. The fourth-order valence-corrected chi connectivity index (χ4v) is 2.96. The molecule has 1 atom stereocenters. The van der Waals surface area contributed by atoms with E-state index in [0.717, 1.165) is 11.3 Å². The first-order chi connectivity index (χ1) is 14.0. The fourth-order valence-electron chi connectivity index (χ4n) is 2.96. The van der Waals surface area contributed by atoms with E-state index >= 15 is 0 Å². The van der Waals surface area contributed by atoms with E-state index in [1.165, 1.54) is 7.11 Å². The first-order valence-corrected chi connectivity index (χ1v) is 9.09. The molecule has 0 spiro atoms. The molecule has 0 unspecified atom stereocenters. The number of nitrogens with two attached hydrogens (primary N) is 1. The number of aryl methyl sites for hydroxylation is 1. The minimum absolute atomic E-state index is 0.293. The van der Waals surface area contributed by atoms with Gasteiger partial charge in [0.15, 0.2) is 5.82 Å². The third-order valence-corrected chi connectivity index (χ3v) is 4.41. The maximum absolute atomic E-state index is 12.6.